The Kier molecular flexibility index (Phi) is 0.513. The van der Waals surface area contributed by atoms with Crippen molar-refractivity contribution in [3.05, 3.63) is 0 Å². The highest BCUT2D eigenvalue weighted by atomic mass is 16.3. The van der Waals surface area contributed by atoms with Crippen LogP contribution in [-0.2, 0) is 0 Å². The van der Waals surface area contributed by atoms with Gasteiger partial charge in [0.05, 0.1) is 6.10 Å². The highest BCUT2D eigenvalue weighted by Gasteiger charge is 2.79. The number of aliphatic hydroxyl groups excluding tert-OH is 1. The Morgan fingerprint density at radius 1 is 0.800 bits per heavy atom. The lowest BCUT2D eigenvalue weighted by atomic mass is 9.99. The minimum Gasteiger partial charge on any atom is -0.393 e. The molecule has 5 aliphatic carbocycles. The van der Waals surface area contributed by atoms with Crippen molar-refractivity contribution in [2.24, 2.45) is 35.5 Å². The first kappa shape index (κ1) is 4.76. The maximum absolute atomic E-state index is 9.73. The van der Waals surface area contributed by atoms with Crippen LogP contribution in [0.5, 0.6) is 0 Å². The van der Waals surface area contributed by atoms with Crippen LogP contribution in [0.1, 0.15) is 12.8 Å². The molecule has 5 atom stereocenters. The standard InChI is InChI=1S/C9H12O/c10-9-5-3-1-2-4(5)7-6(3)8(7)9/h3-10H,1-2H2. The first-order valence-electron chi connectivity index (χ1n) is 4.57. The molecule has 0 saturated heterocycles. The molecular formula is C9H12O. The fraction of sp³-hybridized carbons (Fsp3) is 1.00. The third-order valence-corrected chi connectivity index (χ3v) is 4.79. The fourth-order valence-corrected chi connectivity index (χ4v) is 4.73. The average Bonchev–Trinajstić information content (AvgIpc) is 2.22. The molecule has 0 aromatic heterocycles. The summed E-state index contributed by atoms with van der Waals surface area (Å²) in [5.74, 6) is 5.56. The van der Waals surface area contributed by atoms with Gasteiger partial charge in [-0.2, -0.15) is 0 Å². The van der Waals surface area contributed by atoms with Gasteiger partial charge in [-0.3, -0.25) is 0 Å². The topological polar surface area (TPSA) is 20.2 Å². The largest absolute Gasteiger partial charge is 0.393 e. The van der Waals surface area contributed by atoms with Crippen molar-refractivity contribution in [3.8, 4) is 0 Å². The van der Waals surface area contributed by atoms with Crippen LogP contribution >= 0.6 is 0 Å². The molecule has 0 aromatic carbocycles. The third kappa shape index (κ3) is 0.254. The summed E-state index contributed by atoms with van der Waals surface area (Å²) in [5, 5.41) is 9.73. The zero-order valence-corrected chi connectivity index (χ0v) is 5.90. The van der Waals surface area contributed by atoms with E-state index in [0.717, 1.165) is 35.5 Å². The number of hydrogen-bond donors (Lipinski definition) is 1. The van der Waals surface area contributed by atoms with Crippen LogP contribution in [0.3, 0.4) is 0 Å². The summed E-state index contributed by atoms with van der Waals surface area (Å²) in [7, 11) is 0. The van der Waals surface area contributed by atoms with Crippen LogP contribution in [0.15, 0.2) is 0 Å². The lowest BCUT2D eigenvalue weighted by Gasteiger charge is -2.10. The van der Waals surface area contributed by atoms with Crippen LogP contribution in [-0.4, -0.2) is 11.2 Å². The van der Waals surface area contributed by atoms with E-state index in [4.69, 9.17) is 0 Å². The normalized spacial score (nSPS) is 80.7. The Morgan fingerprint density at radius 2 is 1.40 bits per heavy atom. The molecule has 0 heterocycles. The predicted octanol–water partition coefficient (Wildman–Crippen LogP) is 0.879. The first-order valence-corrected chi connectivity index (χ1v) is 4.57. The zero-order chi connectivity index (χ0) is 6.46. The van der Waals surface area contributed by atoms with Gasteiger partial charge in [-0.15, -0.1) is 0 Å². The Bertz CT molecular complexity index is 183. The van der Waals surface area contributed by atoms with Gasteiger partial charge in [0, 0.05) is 0 Å². The number of hydrogen-bond acceptors (Lipinski definition) is 1. The van der Waals surface area contributed by atoms with E-state index in [2.05, 4.69) is 0 Å². The minimum absolute atomic E-state index is 0.146. The van der Waals surface area contributed by atoms with Gasteiger partial charge in [0.1, 0.15) is 0 Å². The van der Waals surface area contributed by atoms with Gasteiger partial charge in [0.25, 0.3) is 0 Å². The number of rotatable bonds is 0. The maximum atomic E-state index is 9.73. The molecule has 0 spiro atoms. The summed E-state index contributed by atoms with van der Waals surface area (Å²) in [6, 6.07) is 0. The molecule has 0 amide bonds. The average molecular weight is 136 g/mol. The van der Waals surface area contributed by atoms with Crippen molar-refractivity contribution in [1.82, 2.24) is 0 Å². The molecule has 5 saturated carbocycles. The fourth-order valence-electron chi connectivity index (χ4n) is 4.73. The van der Waals surface area contributed by atoms with Crippen molar-refractivity contribution in [3.63, 3.8) is 0 Å². The van der Waals surface area contributed by atoms with E-state index >= 15 is 0 Å². The second-order valence-corrected chi connectivity index (χ2v) is 4.71. The zero-order valence-electron chi connectivity index (χ0n) is 5.90. The summed E-state index contributed by atoms with van der Waals surface area (Å²) in [4.78, 5) is 0. The van der Waals surface area contributed by atoms with Crippen LogP contribution in [0.2, 0.25) is 0 Å². The molecule has 0 aliphatic heterocycles. The summed E-state index contributed by atoms with van der Waals surface area (Å²) >= 11 is 0. The van der Waals surface area contributed by atoms with Gasteiger partial charge < -0.3 is 5.11 Å². The number of aliphatic hydroxyl groups is 1. The SMILES string of the molecule is OC1C2C3CCC2C2C1C32. The maximum Gasteiger partial charge on any atom is 0.0607 e. The van der Waals surface area contributed by atoms with Gasteiger partial charge in [0.2, 0.25) is 0 Å². The predicted molar refractivity (Wildman–Crippen MR) is 36.2 cm³/mol. The molecule has 6 bridgehead atoms. The van der Waals surface area contributed by atoms with Crippen LogP contribution < -0.4 is 0 Å². The van der Waals surface area contributed by atoms with E-state index in [1.54, 1.807) is 0 Å². The van der Waals surface area contributed by atoms with Gasteiger partial charge >= 0.3 is 0 Å². The summed E-state index contributed by atoms with van der Waals surface area (Å²) in [6.07, 6.45) is 3.04. The summed E-state index contributed by atoms with van der Waals surface area (Å²) in [5.41, 5.74) is 0. The van der Waals surface area contributed by atoms with Crippen molar-refractivity contribution < 1.29 is 5.11 Å². The van der Waals surface area contributed by atoms with E-state index in [1.165, 1.54) is 12.8 Å². The summed E-state index contributed by atoms with van der Waals surface area (Å²) in [6.45, 7) is 0. The van der Waals surface area contributed by atoms with Gasteiger partial charge in [0.15, 0.2) is 0 Å². The van der Waals surface area contributed by atoms with Crippen molar-refractivity contribution >= 4 is 0 Å². The molecule has 5 fully saturated rings. The van der Waals surface area contributed by atoms with E-state index in [9.17, 15) is 5.11 Å². The van der Waals surface area contributed by atoms with Crippen molar-refractivity contribution in [2.75, 3.05) is 0 Å². The quantitative estimate of drug-likeness (QED) is 0.524. The van der Waals surface area contributed by atoms with Gasteiger partial charge in [-0.05, 0) is 48.3 Å². The van der Waals surface area contributed by atoms with Crippen molar-refractivity contribution in [1.29, 1.82) is 0 Å². The molecule has 10 heavy (non-hydrogen) atoms. The second kappa shape index (κ2) is 1.08. The van der Waals surface area contributed by atoms with Crippen molar-refractivity contribution in [2.45, 2.75) is 18.9 Å². The van der Waals surface area contributed by atoms with Crippen LogP contribution in [0.4, 0.5) is 0 Å². The molecule has 0 aromatic rings. The van der Waals surface area contributed by atoms with Gasteiger partial charge in [-0.1, -0.05) is 0 Å². The molecule has 54 valence electrons. The molecule has 1 heteroatoms. The Balaban J connectivity index is 1.96. The Morgan fingerprint density at radius 3 is 1.70 bits per heavy atom. The molecule has 1 nitrogen and oxygen atoms in total. The smallest absolute Gasteiger partial charge is 0.0607 e. The monoisotopic (exact) mass is 136 g/mol. The molecular weight excluding hydrogens is 124 g/mol. The van der Waals surface area contributed by atoms with Crippen LogP contribution in [0, 0.1) is 35.5 Å². The minimum atomic E-state index is 0.146. The Hall–Kier alpha value is -0.0400. The lowest BCUT2D eigenvalue weighted by molar-refractivity contribution is 0.120. The molecule has 5 aliphatic rings. The molecule has 5 unspecified atom stereocenters. The second-order valence-electron chi connectivity index (χ2n) is 4.71. The molecule has 5 rings (SSSR count). The third-order valence-electron chi connectivity index (χ3n) is 4.79. The Labute approximate surface area is 60.4 Å². The summed E-state index contributed by atoms with van der Waals surface area (Å²) < 4.78 is 0. The van der Waals surface area contributed by atoms with Gasteiger partial charge in [-0.25, -0.2) is 0 Å². The van der Waals surface area contributed by atoms with E-state index in [0.29, 0.717) is 0 Å². The molecule has 0 radical (unpaired) electrons. The highest BCUT2D eigenvalue weighted by molar-refractivity contribution is 5.26. The van der Waals surface area contributed by atoms with E-state index in [1.807, 2.05) is 0 Å². The van der Waals surface area contributed by atoms with E-state index in [-0.39, 0.29) is 6.10 Å². The van der Waals surface area contributed by atoms with E-state index < -0.39 is 0 Å². The first-order chi connectivity index (χ1) is 4.89. The lowest BCUT2D eigenvalue weighted by Crippen LogP contribution is -2.15. The van der Waals surface area contributed by atoms with Crippen LogP contribution in [0.25, 0.3) is 0 Å². The molecule has 1 N–H and O–H groups in total. The highest BCUT2D eigenvalue weighted by Crippen LogP contribution is 2.80.